The molecule has 0 aromatic rings. The fourth-order valence-corrected chi connectivity index (χ4v) is 1.28. The molecule has 0 bridgehead atoms. The molecule has 0 aliphatic carbocycles. The number of hydrogen-bond donors (Lipinski definition) is 3. The molecule has 0 saturated carbocycles. The molecule has 0 spiro atoms. The van der Waals surface area contributed by atoms with Crippen molar-refractivity contribution >= 4 is 5.97 Å². The molecule has 5 nitrogen and oxygen atoms in total. The van der Waals surface area contributed by atoms with E-state index in [9.17, 15) is 20.1 Å². The van der Waals surface area contributed by atoms with Crippen molar-refractivity contribution in [2.45, 2.75) is 44.2 Å². The Morgan fingerprint density at radius 1 is 1.27 bits per heavy atom. The van der Waals surface area contributed by atoms with Crippen LogP contribution in [-0.2, 0) is 9.53 Å². The van der Waals surface area contributed by atoms with E-state index in [0.29, 0.717) is 0 Å². The standard InChI is InChI=1S/C10H16O5/c1-6-7(11)2-3-8(12)9(13)4-5-10(14)15-6/h2-3,6-9,11-13H,4-5H2,1H3/b3-2-/t6-,7-,8-,9+/m0/s1. The second-order valence-electron chi connectivity index (χ2n) is 3.67. The van der Waals surface area contributed by atoms with Crippen LogP contribution in [-0.4, -0.2) is 45.7 Å². The van der Waals surface area contributed by atoms with Crippen LogP contribution in [0.1, 0.15) is 19.8 Å². The first-order valence-corrected chi connectivity index (χ1v) is 4.92. The van der Waals surface area contributed by atoms with Crippen molar-refractivity contribution in [1.29, 1.82) is 0 Å². The van der Waals surface area contributed by atoms with Crippen LogP contribution in [0.15, 0.2) is 12.2 Å². The summed E-state index contributed by atoms with van der Waals surface area (Å²) in [6.07, 6.45) is -0.865. The molecule has 0 unspecified atom stereocenters. The van der Waals surface area contributed by atoms with Gasteiger partial charge in [0, 0.05) is 6.42 Å². The lowest BCUT2D eigenvalue weighted by atomic mass is 10.1. The van der Waals surface area contributed by atoms with E-state index in [0.717, 1.165) is 0 Å². The summed E-state index contributed by atoms with van der Waals surface area (Å²) in [6.45, 7) is 1.57. The van der Waals surface area contributed by atoms with E-state index in [4.69, 9.17) is 4.74 Å². The van der Waals surface area contributed by atoms with Crippen LogP contribution in [0.5, 0.6) is 0 Å². The summed E-state index contributed by atoms with van der Waals surface area (Å²) in [5, 5.41) is 28.2. The lowest BCUT2D eigenvalue weighted by Gasteiger charge is -2.21. The van der Waals surface area contributed by atoms with E-state index in [-0.39, 0.29) is 12.8 Å². The average molecular weight is 216 g/mol. The van der Waals surface area contributed by atoms with Crippen LogP contribution in [0.25, 0.3) is 0 Å². The molecule has 0 fully saturated rings. The van der Waals surface area contributed by atoms with Gasteiger partial charge in [-0.15, -0.1) is 0 Å². The zero-order valence-electron chi connectivity index (χ0n) is 8.54. The van der Waals surface area contributed by atoms with Crippen LogP contribution in [0.4, 0.5) is 0 Å². The van der Waals surface area contributed by atoms with Gasteiger partial charge in [-0.3, -0.25) is 4.79 Å². The number of cyclic esters (lactones) is 1. The minimum absolute atomic E-state index is 0.0309. The van der Waals surface area contributed by atoms with Crippen molar-refractivity contribution in [3.8, 4) is 0 Å². The highest BCUT2D eigenvalue weighted by Gasteiger charge is 2.22. The molecular formula is C10H16O5. The van der Waals surface area contributed by atoms with Gasteiger partial charge in [0.05, 0.1) is 12.2 Å². The molecule has 5 heteroatoms. The zero-order valence-corrected chi connectivity index (χ0v) is 8.54. The first kappa shape index (κ1) is 12.2. The van der Waals surface area contributed by atoms with E-state index < -0.39 is 30.4 Å². The van der Waals surface area contributed by atoms with E-state index in [1.807, 2.05) is 0 Å². The Morgan fingerprint density at radius 3 is 2.53 bits per heavy atom. The van der Waals surface area contributed by atoms with Crippen LogP contribution in [0.2, 0.25) is 0 Å². The third-order valence-corrected chi connectivity index (χ3v) is 2.34. The fraction of sp³-hybridized carbons (Fsp3) is 0.700. The molecule has 4 atom stereocenters. The molecule has 0 saturated heterocycles. The van der Waals surface area contributed by atoms with E-state index in [1.165, 1.54) is 12.2 Å². The van der Waals surface area contributed by atoms with Gasteiger partial charge in [0.2, 0.25) is 0 Å². The van der Waals surface area contributed by atoms with Crippen LogP contribution in [0.3, 0.4) is 0 Å². The SMILES string of the molecule is C[C@@H]1OC(=O)CC[C@@H](O)[C@@H](O)/C=C\[C@@H]1O. The first-order chi connectivity index (χ1) is 7.00. The maximum absolute atomic E-state index is 11.2. The molecule has 0 aromatic carbocycles. The smallest absolute Gasteiger partial charge is 0.306 e. The number of aliphatic hydroxyl groups excluding tert-OH is 3. The van der Waals surface area contributed by atoms with Crippen molar-refractivity contribution in [1.82, 2.24) is 0 Å². The molecule has 1 rings (SSSR count). The minimum atomic E-state index is -1.06. The summed E-state index contributed by atoms with van der Waals surface area (Å²) >= 11 is 0. The van der Waals surface area contributed by atoms with Gasteiger partial charge in [0.1, 0.15) is 12.2 Å². The largest absolute Gasteiger partial charge is 0.460 e. The van der Waals surface area contributed by atoms with Crippen molar-refractivity contribution in [3.05, 3.63) is 12.2 Å². The van der Waals surface area contributed by atoms with Gasteiger partial charge in [-0.25, -0.2) is 0 Å². The number of hydrogen-bond acceptors (Lipinski definition) is 5. The molecular weight excluding hydrogens is 200 g/mol. The van der Waals surface area contributed by atoms with Crippen LogP contribution < -0.4 is 0 Å². The predicted octanol–water partition coefficient (Wildman–Crippen LogP) is -0.649. The maximum atomic E-state index is 11.2. The lowest BCUT2D eigenvalue weighted by molar-refractivity contribution is -0.153. The molecule has 0 amide bonds. The molecule has 0 radical (unpaired) electrons. The number of esters is 1. The van der Waals surface area contributed by atoms with Crippen LogP contribution in [0, 0.1) is 0 Å². The highest BCUT2D eigenvalue weighted by molar-refractivity contribution is 5.69. The normalized spacial score (nSPS) is 40.7. The molecule has 1 aliphatic heterocycles. The van der Waals surface area contributed by atoms with Crippen LogP contribution >= 0.6 is 0 Å². The van der Waals surface area contributed by atoms with Gasteiger partial charge in [-0.05, 0) is 13.3 Å². The summed E-state index contributed by atoms with van der Waals surface area (Å²) in [5.74, 6) is -0.483. The highest BCUT2D eigenvalue weighted by Crippen LogP contribution is 2.11. The summed E-state index contributed by atoms with van der Waals surface area (Å²) in [7, 11) is 0. The van der Waals surface area contributed by atoms with E-state index >= 15 is 0 Å². The monoisotopic (exact) mass is 216 g/mol. The zero-order chi connectivity index (χ0) is 11.4. The topological polar surface area (TPSA) is 87.0 Å². The summed E-state index contributed by atoms with van der Waals surface area (Å²) < 4.78 is 4.89. The van der Waals surface area contributed by atoms with Gasteiger partial charge in [-0.2, -0.15) is 0 Å². The third kappa shape index (κ3) is 3.62. The van der Waals surface area contributed by atoms with Crippen molar-refractivity contribution in [2.24, 2.45) is 0 Å². The van der Waals surface area contributed by atoms with Gasteiger partial charge < -0.3 is 20.1 Å². The molecule has 15 heavy (non-hydrogen) atoms. The van der Waals surface area contributed by atoms with E-state index in [1.54, 1.807) is 6.92 Å². The first-order valence-electron chi connectivity index (χ1n) is 4.92. The van der Waals surface area contributed by atoms with Gasteiger partial charge in [-0.1, -0.05) is 12.2 Å². The quantitative estimate of drug-likeness (QED) is 0.370. The Balaban J connectivity index is 2.73. The molecule has 3 N–H and O–H groups in total. The molecule has 0 aromatic heterocycles. The number of carbonyl (C=O) groups excluding carboxylic acids is 1. The van der Waals surface area contributed by atoms with Gasteiger partial charge in [0.15, 0.2) is 0 Å². The minimum Gasteiger partial charge on any atom is -0.460 e. The van der Waals surface area contributed by atoms with Crippen molar-refractivity contribution < 1.29 is 24.9 Å². The number of ether oxygens (including phenoxy) is 1. The lowest BCUT2D eigenvalue weighted by Crippen LogP contribution is -2.31. The Labute approximate surface area is 88.0 Å². The predicted molar refractivity (Wildman–Crippen MR) is 51.9 cm³/mol. The van der Waals surface area contributed by atoms with Gasteiger partial charge >= 0.3 is 5.97 Å². The van der Waals surface area contributed by atoms with Crippen molar-refractivity contribution in [3.63, 3.8) is 0 Å². The Bertz CT molecular complexity index is 250. The summed E-state index contributed by atoms with van der Waals surface area (Å²) in [6, 6.07) is 0. The summed E-state index contributed by atoms with van der Waals surface area (Å²) in [4.78, 5) is 11.2. The Hall–Kier alpha value is -0.910. The summed E-state index contributed by atoms with van der Waals surface area (Å²) in [5.41, 5.74) is 0. The number of carbonyl (C=O) groups is 1. The molecule has 1 aliphatic rings. The number of aliphatic hydroxyl groups is 3. The Morgan fingerprint density at radius 2 is 1.87 bits per heavy atom. The second kappa shape index (κ2) is 5.25. The average Bonchev–Trinajstić information content (AvgIpc) is 2.20. The maximum Gasteiger partial charge on any atom is 0.306 e. The highest BCUT2D eigenvalue weighted by atomic mass is 16.6. The van der Waals surface area contributed by atoms with Gasteiger partial charge in [0.25, 0.3) is 0 Å². The fourth-order valence-electron chi connectivity index (χ4n) is 1.28. The third-order valence-electron chi connectivity index (χ3n) is 2.34. The number of rotatable bonds is 0. The van der Waals surface area contributed by atoms with Crippen molar-refractivity contribution in [2.75, 3.05) is 0 Å². The van der Waals surface area contributed by atoms with E-state index in [2.05, 4.69) is 0 Å². The molecule has 86 valence electrons. The molecule has 1 heterocycles. The second-order valence-corrected chi connectivity index (χ2v) is 3.67. The Kier molecular flexibility index (Phi) is 4.26.